The molecule has 1 aromatic carbocycles. The number of nitrogens with zero attached hydrogens (tertiary/aromatic N) is 3. The molecule has 0 saturated heterocycles. The number of hydrogen-bond donors (Lipinski definition) is 2. The van der Waals surface area contributed by atoms with Crippen LogP contribution in [0.4, 0.5) is 0 Å². The first kappa shape index (κ1) is 11.7. The molecule has 2 aromatic heterocycles. The van der Waals surface area contributed by atoms with Crippen LogP contribution in [0.25, 0.3) is 22.0 Å². The lowest BCUT2D eigenvalue weighted by atomic mass is 10.2. The molecule has 0 spiro atoms. The van der Waals surface area contributed by atoms with Gasteiger partial charge in [0, 0.05) is 11.4 Å². The number of rotatable bonds is 3. The van der Waals surface area contributed by atoms with Gasteiger partial charge in [0.05, 0.1) is 18.3 Å². The minimum absolute atomic E-state index is 0.0656. The topological polar surface area (TPSA) is 107 Å². The van der Waals surface area contributed by atoms with Crippen molar-refractivity contribution in [2.45, 2.75) is 19.5 Å². The minimum Gasteiger partial charge on any atom is -0.474 e. The predicted molar refractivity (Wildman–Crippen MR) is 67.9 cm³/mol. The van der Waals surface area contributed by atoms with Crippen molar-refractivity contribution >= 4 is 28.0 Å². The second kappa shape index (κ2) is 4.06. The fourth-order valence-corrected chi connectivity index (χ4v) is 2.06. The molecule has 0 amide bonds. The number of carbonyl (C=O) groups is 1. The number of fused-ring (bicyclic) bond motifs is 3. The molecule has 0 bridgehead atoms. The third-order valence-electron chi connectivity index (χ3n) is 2.80. The van der Waals surface area contributed by atoms with E-state index in [4.69, 9.17) is 15.3 Å². The zero-order valence-corrected chi connectivity index (χ0v) is 10.2. The molecule has 7 heteroatoms. The summed E-state index contributed by atoms with van der Waals surface area (Å²) in [5.41, 5.74) is 7.44. The molecule has 19 heavy (non-hydrogen) atoms. The summed E-state index contributed by atoms with van der Waals surface area (Å²) in [4.78, 5) is 14.9. The van der Waals surface area contributed by atoms with Crippen LogP contribution in [0.5, 0.6) is 0 Å². The lowest BCUT2D eigenvalue weighted by molar-refractivity contribution is 0.0656. The minimum atomic E-state index is -1.19. The van der Waals surface area contributed by atoms with E-state index >= 15 is 0 Å². The quantitative estimate of drug-likeness (QED) is 0.733. The van der Waals surface area contributed by atoms with Crippen LogP contribution in [0, 0.1) is 0 Å². The second-order valence-electron chi connectivity index (χ2n) is 4.48. The Morgan fingerprint density at radius 3 is 3.05 bits per heavy atom. The SMILES string of the molecule is C[C@H](N)Cn1ncc2ccc3oc(C(=O)O)nc3c21. The Balaban J connectivity index is 2.30. The van der Waals surface area contributed by atoms with E-state index in [1.54, 1.807) is 16.9 Å². The van der Waals surface area contributed by atoms with Crippen LogP contribution in [0.15, 0.2) is 22.7 Å². The van der Waals surface area contributed by atoms with Gasteiger partial charge in [-0.15, -0.1) is 0 Å². The molecular formula is C12H12N4O3. The molecule has 3 aromatic rings. The molecule has 0 aliphatic rings. The van der Waals surface area contributed by atoms with Crippen LogP contribution in [0.1, 0.15) is 17.6 Å². The van der Waals surface area contributed by atoms with Gasteiger partial charge in [0.15, 0.2) is 5.58 Å². The predicted octanol–water partition coefficient (Wildman–Crippen LogP) is 1.22. The molecule has 3 N–H and O–H groups in total. The summed E-state index contributed by atoms with van der Waals surface area (Å²) in [6.07, 6.45) is 1.70. The molecule has 0 unspecified atom stereocenters. The van der Waals surface area contributed by atoms with Gasteiger partial charge < -0.3 is 15.3 Å². The lowest BCUT2D eigenvalue weighted by Gasteiger charge is -2.06. The Morgan fingerprint density at radius 2 is 2.37 bits per heavy atom. The third-order valence-corrected chi connectivity index (χ3v) is 2.80. The average Bonchev–Trinajstić information content (AvgIpc) is 2.91. The number of aromatic nitrogens is 3. The highest BCUT2D eigenvalue weighted by molar-refractivity contribution is 6.02. The zero-order valence-electron chi connectivity index (χ0n) is 10.2. The maximum atomic E-state index is 10.9. The van der Waals surface area contributed by atoms with Gasteiger partial charge in [0.2, 0.25) is 0 Å². The van der Waals surface area contributed by atoms with Crippen LogP contribution < -0.4 is 5.73 Å². The van der Waals surface area contributed by atoms with E-state index in [2.05, 4.69) is 10.1 Å². The molecule has 0 saturated carbocycles. The normalized spacial score (nSPS) is 13.2. The van der Waals surface area contributed by atoms with Gasteiger partial charge in [-0.2, -0.15) is 5.10 Å². The monoisotopic (exact) mass is 260 g/mol. The van der Waals surface area contributed by atoms with Gasteiger partial charge in [-0.1, -0.05) is 0 Å². The molecule has 3 rings (SSSR count). The molecule has 7 nitrogen and oxygen atoms in total. The van der Waals surface area contributed by atoms with Crippen molar-refractivity contribution in [2.24, 2.45) is 5.73 Å². The molecule has 1 atom stereocenters. The van der Waals surface area contributed by atoms with Gasteiger partial charge in [-0.3, -0.25) is 4.68 Å². The van der Waals surface area contributed by atoms with Crippen LogP contribution in [-0.2, 0) is 6.54 Å². The van der Waals surface area contributed by atoms with E-state index < -0.39 is 5.97 Å². The van der Waals surface area contributed by atoms with Gasteiger partial charge >= 0.3 is 11.9 Å². The first-order valence-electron chi connectivity index (χ1n) is 5.80. The Hall–Kier alpha value is -2.41. The van der Waals surface area contributed by atoms with Crippen molar-refractivity contribution < 1.29 is 14.3 Å². The molecule has 0 aliphatic heterocycles. The van der Waals surface area contributed by atoms with E-state index in [1.807, 2.05) is 13.0 Å². The second-order valence-corrected chi connectivity index (χ2v) is 4.48. The average molecular weight is 260 g/mol. The Morgan fingerprint density at radius 1 is 1.58 bits per heavy atom. The number of nitrogens with two attached hydrogens (primary N) is 1. The number of carboxylic acid groups (broad SMARTS) is 1. The first-order valence-corrected chi connectivity index (χ1v) is 5.80. The number of oxazole rings is 1. The van der Waals surface area contributed by atoms with Crippen molar-refractivity contribution in [1.29, 1.82) is 0 Å². The molecule has 0 fully saturated rings. The van der Waals surface area contributed by atoms with Gasteiger partial charge in [-0.05, 0) is 19.1 Å². The number of hydrogen-bond acceptors (Lipinski definition) is 5. The maximum absolute atomic E-state index is 10.9. The number of aromatic carboxylic acids is 1. The van der Waals surface area contributed by atoms with Gasteiger partial charge in [0.25, 0.3) is 0 Å². The summed E-state index contributed by atoms with van der Waals surface area (Å²) in [6.45, 7) is 2.40. The molecular weight excluding hydrogens is 248 g/mol. The van der Waals surface area contributed by atoms with E-state index in [9.17, 15) is 4.79 Å². The van der Waals surface area contributed by atoms with Crippen LogP contribution >= 0.6 is 0 Å². The van der Waals surface area contributed by atoms with Crippen molar-refractivity contribution in [3.8, 4) is 0 Å². The summed E-state index contributed by atoms with van der Waals surface area (Å²) in [7, 11) is 0. The lowest BCUT2D eigenvalue weighted by Crippen LogP contribution is -2.22. The smallest absolute Gasteiger partial charge is 0.392 e. The molecule has 0 radical (unpaired) electrons. The number of benzene rings is 1. The maximum Gasteiger partial charge on any atom is 0.392 e. The molecule has 0 aliphatic carbocycles. The largest absolute Gasteiger partial charge is 0.474 e. The Labute approximate surface area is 107 Å². The van der Waals surface area contributed by atoms with Gasteiger partial charge in [-0.25, -0.2) is 9.78 Å². The fraction of sp³-hybridized carbons (Fsp3) is 0.250. The summed E-state index contributed by atoms with van der Waals surface area (Å²) in [5, 5.41) is 14.0. The van der Waals surface area contributed by atoms with E-state index in [-0.39, 0.29) is 11.9 Å². The van der Waals surface area contributed by atoms with E-state index in [0.717, 1.165) is 10.9 Å². The zero-order chi connectivity index (χ0) is 13.6. The van der Waals surface area contributed by atoms with Crippen molar-refractivity contribution in [2.75, 3.05) is 0 Å². The summed E-state index contributed by atoms with van der Waals surface area (Å²) >= 11 is 0. The fourth-order valence-electron chi connectivity index (χ4n) is 2.06. The van der Waals surface area contributed by atoms with Crippen molar-refractivity contribution in [1.82, 2.24) is 14.8 Å². The summed E-state index contributed by atoms with van der Waals surface area (Å²) in [5.74, 6) is -1.52. The van der Waals surface area contributed by atoms with Crippen LogP contribution in [-0.4, -0.2) is 31.9 Å². The highest BCUT2D eigenvalue weighted by Crippen LogP contribution is 2.25. The third kappa shape index (κ3) is 1.84. The summed E-state index contributed by atoms with van der Waals surface area (Å²) < 4.78 is 6.90. The van der Waals surface area contributed by atoms with Crippen molar-refractivity contribution in [3.63, 3.8) is 0 Å². The Bertz CT molecular complexity index is 772. The van der Waals surface area contributed by atoms with Crippen LogP contribution in [0.3, 0.4) is 0 Å². The van der Waals surface area contributed by atoms with Crippen molar-refractivity contribution in [3.05, 3.63) is 24.2 Å². The van der Waals surface area contributed by atoms with E-state index in [0.29, 0.717) is 17.6 Å². The standard InChI is InChI=1S/C12H12N4O3/c1-6(13)5-16-10-7(4-14-16)2-3-8-9(10)15-11(19-8)12(17)18/h2-4,6H,5,13H2,1H3,(H,17,18)/t6-/m0/s1. The highest BCUT2D eigenvalue weighted by Gasteiger charge is 2.17. The highest BCUT2D eigenvalue weighted by atomic mass is 16.4. The number of carboxylic acids is 1. The molecule has 98 valence electrons. The molecule has 2 heterocycles. The van der Waals surface area contributed by atoms with E-state index in [1.165, 1.54) is 0 Å². The Kier molecular flexibility index (Phi) is 2.49. The summed E-state index contributed by atoms with van der Waals surface area (Å²) in [6, 6.07) is 3.44. The first-order chi connectivity index (χ1) is 9.06. The van der Waals surface area contributed by atoms with Gasteiger partial charge in [0.1, 0.15) is 5.52 Å². The van der Waals surface area contributed by atoms with Crippen LogP contribution in [0.2, 0.25) is 0 Å².